The Morgan fingerprint density at radius 1 is 1.31 bits per heavy atom. The highest BCUT2D eigenvalue weighted by Gasteiger charge is 2.30. The lowest BCUT2D eigenvalue weighted by Crippen LogP contribution is -2.46. The van der Waals surface area contributed by atoms with E-state index in [1.165, 1.54) is 11.3 Å². The Balaban J connectivity index is 1.84. The van der Waals surface area contributed by atoms with Gasteiger partial charge in [-0.1, -0.05) is 12.1 Å². The standard InChI is InChI=1S/C19H21NO4S2/c1-12-16(13-3-5-15(24-2)6-4-13)10-17(26-12)19(23)20-7-8-25-11-14(20)9-18(21)22/h3-6,10,14H,7-9,11H2,1-2H3,(H,21,22). The molecule has 0 bridgehead atoms. The third-order valence-electron chi connectivity index (χ3n) is 4.43. The van der Waals surface area contributed by atoms with Crippen molar-refractivity contribution in [3.05, 3.63) is 40.1 Å². The first-order chi connectivity index (χ1) is 12.5. The molecule has 3 rings (SSSR count). The number of thioether (sulfide) groups is 1. The second kappa shape index (κ2) is 8.14. The van der Waals surface area contributed by atoms with Crippen molar-refractivity contribution in [2.75, 3.05) is 25.2 Å². The third kappa shape index (κ3) is 4.04. The van der Waals surface area contributed by atoms with E-state index >= 15 is 0 Å². The number of aryl methyl sites for hydroxylation is 1. The zero-order valence-electron chi connectivity index (χ0n) is 14.7. The molecule has 1 unspecified atom stereocenters. The molecule has 0 spiro atoms. The number of carboxylic acids is 1. The molecule has 1 aliphatic heterocycles. The van der Waals surface area contributed by atoms with Crippen LogP contribution < -0.4 is 4.74 Å². The summed E-state index contributed by atoms with van der Waals surface area (Å²) in [7, 11) is 1.63. The number of amides is 1. The number of methoxy groups -OCH3 is 1. The van der Waals surface area contributed by atoms with Crippen molar-refractivity contribution in [3.63, 3.8) is 0 Å². The molecule has 2 aromatic rings. The number of aliphatic carboxylic acids is 1. The van der Waals surface area contributed by atoms with Crippen molar-refractivity contribution < 1.29 is 19.4 Å². The maximum absolute atomic E-state index is 13.0. The second-order valence-electron chi connectivity index (χ2n) is 6.13. The monoisotopic (exact) mass is 391 g/mol. The van der Waals surface area contributed by atoms with Crippen LogP contribution in [0.25, 0.3) is 11.1 Å². The lowest BCUT2D eigenvalue weighted by atomic mass is 10.1. The minimum atomic E-state index is -0.864. The van der Waals surface area contributed by atoms with Gasteiger partial charge in [0.15, 0.2) is 0 Å². The molecule has 1 N–H and O–H groups in total. The molecule has 0 saturated carbocycles. The Kier molecular flexibility index (Phi) is 5.88. The number of nitrogens with zero attached hydrogens (tertiary/aromatic N) is 1. The van der Waals surface area contributed by atoms with Crippen molar-refractivity contribution in [1.29, 1.82) is 0 Å². The van der Waals surface area contributed by atoms with E-state index in [-0.39, 0.29) is 18.4 Å². The van der Waals surface area contributed by atoms with E-state index in [2.05, 4.69) is 0 Å². The van der Waals surface area contributed by atoms with Gasteiger partial charge in [-0.25, -0.2) is 0 Å². The molecule has 7 heteroatoms. The maximum atomic E-state index is 13.0. The summed E-state index contributed by atoms with van der Waals surface area (Å²) in [6, 6.07) is 9.44. The van der Waals surface area contributed by atoms with E-state index in [1.54, 1.807) is 23.8 Å². The molecule has 1 amide bonds. The number of carbonyl (C=O) groups excluding carboxylic acids is 1. The van der Waals surface area contributed by atoms with Crippen LogP contribution in [-0.4, -0.2) is 53.1 Å². The molecular formula is C19H21NO4S2. The Bertz CT molecular complexity index is 800. The van der Waals surface area contributed by atoms with Crippen molar-refractivity contribution in [3.8, 4) is 16.9 Å². The SMILES string of the molecule is COc1ccc(-c2cc(C(=O)N3CCSCC3CC(=O)O)sc2C)cc1. The number of hydrogen-bond donors (Lipinski definition) is 1. The van der Waals surface area contributed by atoms with E-state index < -0.39 is 5.97 Å². The van der Waals surface area contributed by atoms with Crippen LogP contribution >= 0.6 is 23.1 Å². The first-order valence-electron chi connectivity index (χ1n) is 8.35. The molecule has 1 saturated heterocycles. The molecule has 1 aliphatic rings. The van der Waals surface area contributed by atoms with Gasteiger partial charge in [0.1, 0.15) is 5.75 Å². The van der Waals surface area contributed by atoms with Gasteiger partial charge in [-0.15, -0.1) is 11.3 Å². The Morgan fingerprint density at radius 2 is 2.04 bits per heavy atom. The third-order valence-corrected chi connectivity index (χ3v) is 6.56. The van der Waals surface area contributed by atoms with Gasteiger partial charge < -0.3 is 14.7 Å². The van der Waals surface area contributed by atoms with E-state index in [4.69, 9.17) is 9.84 Å². The summed E-state index contributed by atoms with van der Waals surface area (Å²) in [4.78, 5) is 27.6. The van der Waals surface area contributed by atoms with Gasteiger partial charge in [0.25, 0.3) is 5.91 Å². The van der Waals surface area contributed by atoms with Crippen molar-refractivity contribution in [2.45, 2.75) is 19.4 Å². The van der Waals surface area contributed by atoms with E-state index in [0.717, 1.165) is 27.5 Å². The highest BCUT2D eigenvalue weighted by Crippen LogP contribution is 2.33. The van der Waals surface area contributed by atoms with Gasteiger partial charge in [-0.05, 0) is 36.2 Å². The summed E-state index contributed by atoms with van der Waals surface area (Å²) in [6.07, 6.45) is -0.00552. The first-order valence-corrected chi connectivity index (χ1v) is 10.3. The quantitative estimate of drug-likeness (QED) is 0.840. The average Bonchev–Trinajstić information content (AvgIpc) is 3.03. The van der Waals surface area contributed by atoms with Crippen molar-refractivity contribution >= 4 is 35.0 Å². The number of rotatable bonds is 5. The summed E-state index contributed by atoms with van der Waals surface area (Å²) in [6.45, 7) is 2.60. The summed E-state index contributed by atoms with van der Waals surface area (Å²) in [5, 5.41) is 9.12. The molecule has 138 valence electrons. The molecule has 1 atom stereocenters. The number of ether oxygens (including phenoxy) is 1. The normalized spacial score (nSPS) is 17.2. The fraction of sp³-hybridized carbons (Fsp3) is 0.368. The number of carbonyl (C=O) groups is 2. The van der Waals surface area contributed by atoms with Gasteiger partial charge in [-0.3, -0.25) is 9.59 Å². The first kappa shape index (κ1) is 18.8. The Morgan fingerprint density at radius 3 is 2.69 bits per heavy atom. The van der Waals surface area contributed by atoms with Gasteiger partial charge in [-0.2, -0.15) is 11.8 Å². The molecule has 1 aromatic heterocycles. The van der Waals surface area contributed by atoms with Gasteiger partial charge in [0.05, 0.1) is 24.4 Å². The van der Waals surface area contributed by atoms with Crippen LogP contribution in [0, 0.1) is 6.92 Å². The number of hydrogen-bond acceptors (Lipinski definition) is 5. The van der Waals surface area contributed by atoms with Crippen LogP contribution in [0.3, 0.4) is 0 Å². The topological polar surface area (TPSA) is 66.8 Å². The Hall–Kier alpha value is -1.99. The summed E-state index contributed by atoms with van der Waals surface area (Å²) in [5.41, 5.74) is 2.07. The van der Waals surface area contributed by atoms with Crippen molar-refractivity contribution in [2.24, 2.45) is 0 Å². The van der Waals surface area contributed by atoms with E-state index in [0.29, 0.717) is 17.2 Å². The van der Waals surface area contributed by atoms with E-state index in [1.807, 2.05) is 37.3 Å². The van der Waals surface area contributed by atoms with Gasteiger partial charge >= 0.3 is 5.97 Å². The minimum Gasteiger partial charge on any atom is -0.497 e. The highest BCUT2D eigenvalue weighted by molar-refractivity contribution is 7.99. The molecular weight excluding hydrogens is 370 g/mol. The summed E-state index contributed by atoms with van der Waals surface area (Å²) in [5.74, 6) is 1.38. The van der Waals surface area contributed by atoms with Crippen LogP contribution in [0.4, 0.5) is 0 Å². The predicted molar refractivity (Wildman–Crippen MR) is 105 cm³/mol. The van der Waals surface area contributed by atoms with Gasteiger partial charge in [0, 0.05) is 22.9 Å². The predicted octanol–water partition coefficient (Wildman–Crippen LogP) is 3.76. The molecule has 2 heterocycles. The second-order valence-corrected chi connectivity index (χ2v) is 8.54. The number of thiophene rings is 1. The van der Waals surface area contributed by atoms with Crippen LogP contribution in [0.15, 0.2) is 30.3 Å². The van der Waals surface area contributed by atoms with Crippen LogP contribution in [0.5, 0.6) is 5.75 Å². The molecule has 0 radical (unpaired) electrons. The fourth-order valence-corrected chi connectivity index (χ4v) is 5.14. The van der Waals surface area contributed by atoms with E-state index in [9.17, 15) is 9.59 Å². The fourth-order valence-electron chi connectivity index (χ4n) is 3.08. The smallest absolute Gasteiger partial charge is 0.305 e. The summed E-state index contributed by atoms with van der Waals surface area (Å²) < 4.78 is 5.19. The lowest BCUT2D eigenvalue weighted by Gasteiger charge is -2.34. The highest BCUT2D eigenvalue weighted by atomic mass is 32.2. The zero-order chi connectivity index (χ0) is 18.7. The molecule has 0 aliphatic carbocycles. The number of carboxylic acid groups (broad SMARTS) is 1. The largest absolute Gasteiger partial charge is 0.497 e. The Labute approximate surface area is 161 Å². The van der Waals surface area contributed by atoms with Crippen LogP contribution in [0.2, 0.25) is 0 Å². The maximum Gasteiger partial charge on any atom is 0.305 e. The van der Waals surface area contributed by atoms with Crippen LogP contribution in [-0.2, 0) is 4.79 Å². The molecule has 26 heavy (non-hydrogen) atoms. The zero-order valence-corrected chi connectivity index (χ0v) is 16.4. The molecule has 1 aromatic carbocycles. The molecule has 1 fully saturated rings. The molecule has 5 nitrogen and oxygen atoms in total. The summed E-state index contributed by atoms with van der Waals surface area (Å²) >= 11 is 3.17. The minimum absolute atomic E-state index is 0.00552. The van der Waals surface area contributed by atoms with Gasteiger partial charge in [0.2, 0.25) is 0 Å². The van der Waals surface area contributed by atoms with Crippen LogP contribution in [0.1, 0.15) is 21.0 Å². The lowest BCUT2D eigenvalue weighted by molar-refractivity contribution is -0.138. The number of benzene rings is 1. The average molecular weight is 392 g/mol. The van der Waals surface area contributed by atoms with Crippen molar-refractivity contribution in [1.82, 2.24) is 4.90 Å².